The Morgan fingerprint density at radius 2 is 1.95 bits per heavy atom. The molecule has 0 aromatic heterocycles. The predicted octanol–water partition coefficient (Wildman–Crippen LogP) is 2.15. The predicted molar refractivity (Wildman–Crippen MR) is 84.7 cm³/mol. The number of carbonyl (C=O) groups excluding carboxylic acids is 1. The first kappa shape index (κ1) is 16.8. The van der Waals surface area contributed by atoms with Gasteiger partial charge in [-0.15, -0.1) is 0 Å². The second-order valence-corrected chi connectivity index (χ2v) is 7.60. The zero-order chi connectivity index (χ0) is 15.6. The molecular formula is C17H32N2O2. The summed E-state index contributed by atoms with van der Waals surface area (Å²) in [4.78, 5) is 15.2. The number of aliphatic hydroxyl groups is 1. The maximum Gasteiger partial charge on any atom is 0.226 e. The minimum atomic E-state index is -0.0457. The molecule has 2 rings (SSSR count). The molecule has 0 spiro atoms. The first-order valence-electron chi connectivity index (χ1n) is 8.56. The summed E-state index contributed by atoms with van der Waals surface area (Å²) in [5.41, 5.74) is 6.17. The highest BCUT2D eigenvalue weighted by Gasteiger charge is 2.47. The molecule has 4 nitrogen and oxygen atoms in total. The number of aliphatic hydroxyl groups excluding tert-OH is 1. The molecule has 1 amide bonds. The first-order valence-corrected chi connectivity index (χ1v) is 8.56. The van der Waals surface area contributed by atoms with Crippen molar-refractivity contribution in [1.29, 1.82) is 0 Å². The van der Waals surface area contributed by atoms with Gasteiger partial charge in [-0.05, 0) is 49.9 Å². The van der Waals surface area contributed by atoms with E-state index in [1.165, 1.54) is 6.42 Å². The Hall–Kier alpha value is -0.610. The fraction of sp³-hybridized carbons (Fsp3) is 0.941. The largest absolute Gasteiger partial charge is 0.396 e. The molecule has 2 saturated carbocycles. The van der Waals surface area contributed by atoms with Gasteiger partial charge in [0.2, 0.25) is 5.91 Å². The third kappa shape index (κ3) is 3.26. The summed E-state index contributed by atoms with van der Waals surface area (Å²) in [6, 6.07) is 0.615. The van der Waals surface area contributed by atoms with E-state index >= 15 is 0 Å². The van der Waals surface area contributed by atoms with Gasteiger partial charge in [-0.25, -0.2) is 0 Å². The van der Waals surface area contributed by atoms with E-state index in [0.29, 0.717) is 30.8 Å². The third-order valence-electron chi connectivity index (χ3n) is 6.16. The number of nitrogens with two attached hydrogens (primary N) is 1. The SMILES string of the molecule is CC1C(N)CCC(C(=O)N(CCCO)C2CCC2)C1(C)C. The highest BCUT2D eigenvalue weighted by Crippen LogP contribution is 2.45. The molecule has 2 aliphatic carbocycles. The fourth-order valence-corrected chi connectivity index (χ4v) is 3.90. The maximum atomic E-state index is 13.1. The van der Waals surface area contributed by atoms with E-state index in [0.717, 1.165) is 25.7 Å². The normalized spacial score (nSPS) is 32.5. The van der Waals surface area contributed by atoms with E-state index in [9.17, 15) is 4.79 Å². The Balaban J connectivity index is 2.11. The van der Waals surface area contributed by atoms with Gasteiger partial charge in [0.15, 0.2) is 0 Å². The molecule has 122 valence electrons. The van der Waals surface area contributed by atoms with Crippen LogP contribution >= 0.6 is 0 Å². The molecule has 3 atom stereocenters. The van der Waals surface area contributed by atoms with Crippen LogP contribution in [0.1, 0.15) is 59.3 Å². The molecule has 0 aromatic carbocycles. The topological polar surface area (TPSA) is 66.6 Å². The van der Waals surface area contributed by atoms with Crippen molar-refractivity contribution in [2.75, 3.05) is 13.2 Å². The van der Waals surface area contributed by atoms with Crippen LogP contribution < -0.4 is 5.73 Å². The molecule has 2 aliphatic rings. The molecule has 0 radical (unpaired) electrons. The van der Waals surface area contributed by atoms with E-state index in [1.54, 1.807) is 0 Å². The van der Waals surface area contributed by atoms with Crippen molar-refractivity contribution in [1.82, 2.24) is 4.90 Å². The minimum absolute atomic E-state index is 0.0457. The second-order valence-electron chi connectivity index (χ2n) is 7.60. The molecule has 0 heterocycles. The lowest BCUT2D eigenvalue weighted by molar-refractivity contribution is -0.148. The number of amides is 1. The summed E-state index contributed by atoms with van der Waals surface area (Å²) in [5, 5.41) is 9.10. The summed E-state index contributed by atoms with van der Waals surface area (Å²) >= 11 is 0. The number of carbonyl (C=O) groups is 1. The zero-order valence-electron chi connectivity index (χ0n) is 13.8. The van der Waals surface area contributed by atoms with Crippen molar-refractivity contribution < 1.29 is 9.90 Å². The molecule has 2 fully saturated rings. The van der Waals surface area contributed by atoms with Gasteiger partial charge in [0.1, 0.15) is 0 Å². The van der Waals surface area contributed by atoms with Crippen LogP contribution in [0, 0.1) is 17.3 Å². The third-order valence-corrected chi connectivity index (χ3v) is 6.16. The Morgan fingerprint density at radius 3 is 2.48 bits per heavy atom. The minimum Gasteiger partial charge on any atom is -0.396 e. The smallest absolute Gasteiger partial charge is 0.226 e. The number of nitrogens with zero attached hydrogens (tertiary/aromatic N) is 1. The molecule has 0 aromatic rings. The maximum absolute atomic E-state index is 13.1. The van der Waals surface area contributed by atoms with Gasteiger partial charge in [-0.1, -0.05) is 20.8 Å². The fourth-order valence-electron chi connectivity index (χ4n) is 3.90. The van der Waals surface area contributed by atoms with E-state index in [1.807, 2.05) is 0 Å². The Kier molecular flexibility index (Phi) is 5.31. The van der Waals surface area contributed by atoms with Crippen molar-refractivity contribution in [2.45, 2.75) is 71.4 Å². The average Bonchev–Trinajstić information content (AvgIpc) is 2.38. The van der Waals surface area contributed by atoms with Gasteiger partial charge < -0.3 is 15.7 Å². The van der Waals surface area contributed by atoms with Gasteiger partial charge in [-0.2, -0.15) is 0 Å². The quantitative estimate of drug-likeness (QED) is 0.817. The van der Waals surface area contributed by atoms with Crippen molar-refractivity contribution in [2.24, 2.45) is 23.0 Å². The summed E-state index contributed by atoms with van der Waals surface area (Å²) < 4.78 is 0. The lowest BCUT2D eigenvalue weighted by Crippen LogP contribution is -2.55. The van der Waals surface area contributed by atoms with Crippen LogP contribution in [0.3, 0.4) is 0 Å². The zero-order valence-corrected chi connectivity index (χ0v) is 13.8. The van der Waals surface area contributed by atoms with Gasteiger partial charge in [-0.3, -0.25) is 4.79 Å². The summed E-state index contributed by atoms with van der Waals surface area (Å²) in [6.45, 7) is 7.44. The highest BCUT2D eigenvalue weighted by atomic mass is 16.3. The van der Waals surface area contributed by atoms with Crippen molar-refractivity contribution in [3.05, 3.63) is 0 Å². The lowest BCUT2D eigenvalue weighted by Gasteiger charge is -2.49. The Bertz CT molecular complexity index is 366. The van der Waals surface area contributed by atoms with Crippen LogP contribution in [0.4, 0.5) is 0 Å². The molecule has 0 aliphatic heterocycles. The molecule has 0 saturated heterocycles. The number of hydrogen-bond donors (Lipinski definition) is 2. The highest BCUT2D eigenvalue weighted by molar-refractivity contribution is 5.80. The van der Waals surface area contributed by atoms with Gasteiger partial charge >= 0.3 is 0 Å². The Morgan fingerprint density at radius 1 is 1.29 bits per heavy atom. The second kappa shape index (κ2) is 6.66. The van der Waals surface area contributed by atoms with Crippen LogP contribution in [0.2, 0.25) is 0 Å². The monoisotopic (exact) mass is 296 g/mol. The Labute approximate surface area is 129 Å². The van der Waals surface area contributed by atoms with Crippen LogP contribution in [0.25, 0.3) is 0 Å². The number of hydrogen-bond acceptors (Lipinski definition) is 3. The molecule has 0 bridgehead atoms. The van der Waals surface area contributed by atoms with Gasteiger partial charge in [0, 0.05) is 31.2 Å². The summed E-state index contributed by atoms with van der Waals surface area (Å²) in [7, 11) is 0. The van der Waals surface area contributed by atoms with Crippen LogP contribution in [0.15, 0.2) is 0 Å². The van der Waals surface area contributed by atoms with Crippen molar-refractivity contribution in [3.63, 3.8) is 0 Å². The number of rotatable bonds is 5. The van der Waals surface area contributed by atoms with Crippen molar-refractivity contribution >= 4 is 5.91 Å². The van der Waals surface area contributed by atoms with E-state index in [-0.39, 0.29) is 24.0 Å². The standard InChI is InChI=1S/C17H32N2O2/c1-12-15(18)9-8-14(17(12,2)3)16(21)19(10-5-11-20)13-6-4-7-13/h12-15,20H,4-11,18H2,1-3H3. The lowest BCUT2D eigenvalue weighted by atomic mass is 9.60. The molecule has 4 heteroatoms. The summed E-state index contributed by atoms with van der Waals surface area (Å²) in [5.74, 6) is 0.741. The van der Waals surface area contributed by atoms with Crippen molar-refractivity contribution in [3.8, 4) is 0 Å². The van der Waals surface area contributed by atoms with E-state index in [2.05, 4.69) is 25.7 Å². The molecule has 3 N–H and O–H groups in total. The molecule has 21 heavy (non-hydrogen) atoms. The van der Waals surface area contributed by atoms with Gasteiger partial charge in [0.25, 0.3) is 0 Å². The first-order chi connectivity index (χ1) is 9.89. The van der Waals surface area contributed by atoms with E-state index in [4.69, 9.17) is 10.8 Å². The van der Waals surface area contributed by atoms with Crippen LogP contribution in [-0.2, 0) is 4.79 Å². The average molecular weight is 296 g/mol. The molecule has 3 unspecified atom stereocenters. The van der Waals surface area contributed by atoms with Crippen LogP contribution in [-0.4, -0.2) is 41.1 Å². The van der Waals surface area contributed by atoms with Crippen LogP contribution in [0.5, 0.6) is 0 Å². The van der Waals surface area contributed by atoms with E-state index < -0.39 is 0 Å². The summed E-state index contributed by atoms with van der Waals surface area (Å²) in [6.07, 6.45) is 6.01. The van der Waals surface area contributed by atoms with Gasteiger partial charge in [0.05, 0.1) is 0 Å². The molecular weight excluding hydrogens is 264 g/mol.